The minimum Gasteiger partial charge on any atom is -0.478 e. The molecule has 0 saturated heterocycles. The molecular formula is C16H14O3S. The molecule has 2 aromatic carbocycles. The number of Topliss-reactive ketones (excluding diaryl/α,β-unsaturated/α-hetero) is 1. The van der Waals surface area contributed by atoms with Gasteiger partial charge in [0.2, 0.25) is 0 Å². The summed E-state index contributed by atoms with van der Waals surface area (Å²) in [5.74, 6) is -0.992. The first kappa shape index (κ1) is 14.3. The molecule has 0 unspecified atom stereocenters. The summed E-state index contributed by atoms with van der Waals surface area (Å²) in [6, 6.07) is 12.5. The van der Waals surface area contributed by atoms with Crippen molar-refractivity contribution in [2.75, 3.05) is 0 Å². The fourth-order valence-corrected chi connectivity index (χ4v) is 2.96. The monoisotopic (exact) mass is 286 g/mol. The van der Waals surface area contributed by atoms with Crippen molar-refractivity contribution >= 4 is 23.5 Å². The molecule has 0 radical (unpaired) electrons. The Bertz CT molecular complexity index is 677. The van der Waals surface area contributed by atoms with Crippen LogP contribution in [0.2, 0.25) is 0 Å². The molecular weight excluding hydrogens is 272 g/mol. The summed E-state index contributed by atoms with van der Waals surface area (Å²) < 4.78 is 0. The van der Waals surface area contributed by atoms with Crippen LogP contribution in [0.4, 0.5) is 0 Å². The average Bonchev–Trinajstić information content (AvgIpc) is 2.41. The van der Waals surface area contributed by atoms with Crippen LogP contribution in [-0.2, 0) is 0 Å². The quantitative estimate of drug-likeness (QED) is 0.862. The summed E-state index contributed by atoms with van der Waals surface area (Å²) in [6.45, 7) is 3.36. The molecule has 0 atom stereocenters. The van der Waals surface area contributed by atoms with E-state index in [1.54, 1.807) is 24.3 Å². The van der Waals surface area contributed by atoms with Crippen LogP contribution in [0.15, 0.2) is 52.3 Å². The van der Waals surface area contributed by atoms with Gasteiger partial charge in [-0.05, 0) is 32.0 Å². The number of aryl methyl sites for hydroxylation is 1. The molecule has 0 aliphatic carbocycles. The van der Waals surface area contributed by atoms with Crippen molar-refractivity contribution in [1.29, 1.82) is 0 Å². The van der Waals surface area contributed by atoms with Crippen LogP contribution in [0.5, 0.6) is 0 Å². The molecule has 0 bridgehead atoms. The number of carboxylic acids is 1. The molecule has 2 aromatic rings. The maximum atomic E-state index is 11.6. The molecule has 102 valence electrons. The first-order chi connectivity index (χ1) is 9.49. The Kier molecular flexibility index (Phi) is 4.25. The van der Waals surface area contributed by atoms with Gasteiger partial charge in [-0.1, -0.05) is 41.6 Å². The number of hydrogen-bond donors (Lipinski definition) is 1. The van der Waals surface area contributed by atoms with Crippen molar-refractivity contribution in [3.63, 3.8) is 0 Å². The van der Waals surface area contributed by atoms with Gasteiger partial charge < -0.3 is 5.11 Å². The molecule has 2 rings (SSSR count). The van der Waals surface area contributed by atoms with E-state index < -0.39 is 5.97 Å². The van der Waals surface area contributed by atoms with E-state index in [0.717, 1.165) is 10.5 Å². The van der Waals surface area contributed by atoms with Crippen LogP contribution >= 0.6 is 11.8 Å². The highest BCUT2D eigenvalue weighted by molar-refractivity contribution is 7.99. The largest absolute Gasteiger partial charge is 0.478 e. The van der Waals surface area contributed by atoms with Crippen molar-refractivity contribution in [3.8, 4) is 0 Å². The molecule has 0 aliphatic heterocycles. The van der Waals surface area contributed by atoms with Crippen LogP contribution in [0.25, 0.3) is 0 Å². The summed E-state index contributed by atoms with van der Waals surface area (Å²) in [6.07, 6.45) is 0. The van der Waals surface area contributed by atoms with E-state index in [9.17, 15) is 14.7 Å². The van der Waals surface area contributed by atoms with E-state index in [2.05, 4.69) is 0 Å². The highest BCUT2D eigenvalue weighted by Crippen LogP contribution is 2.33. The average molecular weight is 286 g/mol. The minimum absolute atomic E-state index is 0.0305. The number of rotatable bonds is 4. The standard InChI is InChI=1S/C16H14O3S/c1-10-7-8-15(13(9-10)16(18)19)20-14-6-4-3-5-12(14)11(2)17/h3-9H,1-2H3,(H,18,19). The number of carboxylic acid groups (broad SMARTS) is 1. The zero-order valence-electron chi connectivity index (χ0n) is 11.2. The number of ketones is 1. The lowest BCUT2D eigenvalue weighted by atomic mass is 10.1. The first-order valence-electron chi connectivity index (χ1n) is 6.11. The Balaban J connectivity index is 2.45. The summed E-state index contributed by atoms with van der Waals surface area (Å²) >= 11 is 1.30. The summed E-state index contributed by atoms with van der Waals surface area (Å²) in [4.78, 5) is 24.3. The van der Waals surface area contributed by atoms with E-state index in [4.69, 9.17) is 0 Å². The second-order valence-corrected chi connectivity index (χ2v) is 5.54. The molecule has 1 N–H and O–H groups in total. The highest BCUT2D eigenvalue weighted by Gasteiger charge is 2.14. The first-order valence-corrected chi connectivity index (χ1v) is 6.92. The third-order valence-electron chi connectivity index (χ3n) is 2.85. The van der Waals surface area contributed by atoms with Crippen molar-refractivity contribution in [1.82, 2.24) is 0 Å². The molecule has 0 heterocycles. The van der Waals surface area contributed by atoms with Gasteiger partial charge in [-0.2, -0.15) is 0 Å². The van der Waals surface area contributed by atoms with Crippen LogP contribution in [-0.4, -0.2) is 16.9 Å². The predicted octanol–water partition coefficient (Wildman–Crippen LogP) is 4.05. The van der Waals surface area contributed by atoms with Gasteiger partial charge in [0.1, 0.15) is 0 Å². The topological polar surface area (TPSA) is 54.4 Å². The number of hydrogen-bond acceptors (Lipinski definition) is 3. The second-order valence-electron chi connectivity index (χ2n) is 4.46. The molecule has 0 aromatic heterocycles. The lowest BCUT2D eigenvalue weighted by Crippen LogP contribution is -2.00. The highest BCUT2D eigenvalue weighted by atomic mass is 32.2. The van der Waals surface area contributed by atoms with E-state index in [0.29, 0.717) is 10.5 Å². The van der Waals surface area contributed by atoms with Gasteiger partial charge in [-0.15, -0.1) is 0 Å². The Morgan fingerprint density at radius 3 is 2.30 bits per heavy atom. The van der Waals surface area contributed by atoms with Crippen molar-refractivity contribution < 1.29 is 14.7 Å². The zero-order chi connectivity index (χ0) is 14.7. The summed E-state index contributed by atoms with van der Waals surface area (Å²) in [7, 11) is 0. The normalized spacial score (nSPS) is 10.3. The summed E-state index contributed by atoms with van der Waals surface area (Å²) in [5.41, 5.74) is 1.76. The molecule has 0 fully saturated rings. The maximum Gasteiger partial charge on any atom is 0.336 e. The van der Waals surface area contributed by atoms with Crippen LogP contribution < -0.4 is 0 Å². The Labute approximate surface area is 121 Å². The van der Waals surface area contributed by atoms with Crippen LogP contribution in [0.1, 0.15) is 33.2 Å². The fourth-order valence-electron chi connectivity index (χ4n) is 1.86. The number of aromatic carboxylic acids is 1. The molecule has 0 amide bonds. The van der Waals surface area contributed by atoms with E-state index in [-0.39, 0.29) is 11.3 Å². The molecule has 3 nitrogen and oxygen atoms in total. The van der Waals surface area contributed by atoms with E-state index in [1.807, 2.05) is 25.1 Å². The predicted molar refractivity (Wildman–Crippen MR) is 78.7 cm³/mol. The van der Waals surface area contributed by atoms with Gasteiger partial charge in [0.15, 0.2) is 5.78 Å². The summed E-state index contributed by atoms with van der Waals surface area (Å²) in [5, 5.41) is 9.27. The smallest absolute Gasteiger partial charge is 0.336 e. The maximum absolute atomic E-state index is 11.6. The van der Waals surface area contributed by atoms with Gasteiger partial charge in [0, 0.05) is 15.4 Å². The van der Waals surface area contributed by atoms with Gasteiger partial charge in [0.25, 0.3) is 0 Å². The third kappa shape index (κ3) is 3.08. The molecule has 0 spiro atoms. The number of carbonyl (C=O) groups is 2. The van der Waals surface area contributed by atoms with Gasteiger partial charge >= 0.3 is 5.97 Å². The van der Waals surface area contributed by atoms with E-state index >= 15 is 0 Å². The molecule has 0 aliphatic rings. The van der Waals surface area contributed by atoms with Crippen molar-refractivity contribution in [3.05, 3.63) is 59.2 Å². The van der Waals surface area contributed by atoms with Crippen LogP contribution in [0.3, 0.4) is 0 Å². The Morgan fingerprint density at radius 2 is 1.65 bits per heavy atom. The van der Waals surface area contributed by atoms with Gasteiger partial charge in [-0.3, -0.25) is 4.79 Å². The van der Waals surface area contributed by atoms with Crippen molar-refractivity contribution in [2.45, 2.75) is 23.6 Å². The number of benzene rings is 2. The Morgan fingerprint density at radius 1 is 1.00 bits per heavy atom. The van der Waals surface area contributed by atoms with Gasteiger partial charge in [-0.25, -0.2) is 4.79 Å². The second kappa shape index (κ2) is 5.92. The van der Waals surface area contributed by atoms with E-state index in [1.165, 1.54) is 18.7 Å². The van der Waals surface area contributed by atoms with Crippen molar-refractivity contribution in [2.24, 2.45) is 0 Å². The molecule has 0 saturated carbocycles. The lowest BCUT2D eigenvalue weighted by molar-refractivity contribution is 0.0693. The zero-order valence-corrected chi connectivity index (χ0v) is 12.0. The SMILES string of the molecule is CC(=O)c1ccccc1Sc1ccc(C)cc1C(=O)O. The minimum atomic E-state index is -0.962. The fraction of sp³-hybridized carbons (Fsp3) is 0.125. The molecule has 4 heteroatoms. The Hall–Kier alpha value is -2.07. The molecule has 20 heavy (non-hydrogen) atoms. The van der Waals surface area contributed by atoms with Gasteiger partial charge in [0.05, 0.1) is 5.56 Å². The third-order valence-corrected chi connectivity index (χ3v) is 4.00. The lowest BCUT2D eigenvalue weighted by Gasteiger charge is -2.09. The van der Waals surface area contributed by atoms with Crippen LogP contribution in [0, 0.1) is 6.92 Å². The number of carbonyl (C=O) groups excluding carboxylic acids is 1.